The average Bonchev–Trinajstić information content (AvgIpc) is 2.74. The van der Waals surface area contributed by atoms with Crippen LogP contribution in [0.1, 0.15) is 5.69 Å². The quantitative estimate of drug-likeness (QED) is 0.786. The zero-order valence-electron chi connectivity index (χ0n) is 8.80. The van der Waals surface area contributed by atoms with E-state index in [0.29, 0.717) is 6.54 Å². The number of benzene rings is 1. The fourth-order valence-corrected chi connectivity index (χ4v) is 1.56. The molecular weight excluding hydrogens is 200 g/mol. The Morgan fingerprint density at radius 1 is 1.31 bits per heavy atom. The highest BCUT2D eigenvalue weighted by molar-refractivity contribution is 5.59. The molecule has 0 saturated heterocycles. The van der Waals surface area contributed by atoms with Crippen molar-refractivity contribution in [3.05, 3.63) is 42.1 Å². The van der Waals surface area contributed by atoms with Crippen LogP contribution in [-0.2, 0) is 13.2 Å². The predicted molar refractivity (Wildman–Crippen MR) is 62.4 cm³/mol. The maximum absolute atomic E-state index is 9.18. The van der Waals surface area contributed by atoms with E-state index in [1.165, 1.54) is 0 Å². The topological polar surface area (TPSA) is 38.0 Å². The molecule has 2 rings (SSSR count). The summed E-state index contributed by atoms with van der Waals surface area (Å²) in [6, 6.07) is 11.7. The summed E-state index contributed by atoms with van der Waals surface area (Å²) in [6.45, 7) is 0.324. The summed E-state index contributed by atoms with van der Waals surface area (Å²) in [5.74, 6) is 2.51. The van der Waals surface area contributed by atoms with Crippen LogP contribution in [-0.4, -0.2) is 14.9 Å². The van der Waals surface area contributed by atoms with Gasteiger partial charge in [0, 0.05) is 5.56 Å². The van der Waals surface area contributed by atoms with E-state index in [4.69, 9.17) is 6.42 Å². The van der Waals surface area contributed by atoms with Crippen LogP contribution in [0, 0.1) is 12.3 Å². The zero-order valence-corrected chi connectivity index (χ0v) is 8.80. The van der Waals surface area contributed by atoms with Crippen molar-refractivity contribution in [2.24, 2.45) is 0 Å². The predicted octanol–water partition coefficient (Wildman–Crippen LogP) is 1.68. The molecule has 80 valence electrons. The maximum Gasteiger partial charge on any atom is 0.102 e. The highest BCUT2D eigenvalue weighted by Crippen LogP contribution is 2.18. The van der Waals surface area contributed by atoms with E-state index in [9.17, 15) is 5.11 Å². The van der Waals surface area contributed by atoms with Crippen molar-refractivity contribution >= 4 is 0 Å². The summed E-state index contributed by atoms with van der Waals surface area (Å²) in [5.41, 5.74) is 2.59. The number of aromatic nitrogens is 2. The van der Waals surface area contributed by atoms with Gasteiger partial charge in [-0.15, -0.1) is 6.42 Å². The van der Waals surface area contributed by atoms with E-state index in [-0.39, 0.29) is 6.61 Å². The maximum atomic E-state index is 9.18. The molecular formula is C13H12N2O. The summed E-state index contributed by atoms with van der Waals surface area (Å²) in [6.07, 6.45) is 5.24. The highest BCUT2D eigenvalue weighted by Gasteiger charge is 2.07. The summed E-state index contributed by atoms with van der Waals surface area (Å²) in [4.78, 5) is 0. The first kappa shape index (κ1) is 10.5. The van der Waals surface area contributed by atoms with Crippen molar-refractivity contribution in [1.29, 1.82) is 0 Å². The fraction of sp³-hybridized carbons (Fsp3) is 0.154. The van der Waals surface area contributed by atoms with E-state index in [0.717, 1.165) is 17.0 Å². The third-order valence-electron chi connectivity index (χ3n) is 2.34. The second kappa shape index (κ2) is 4.65. The normalized spacial score (nSPS) is 10.0. The molecule has 2 aromatic rings. The molecule has 0 atom stereocenters. The van der Waals surface area contributed by atoms with Crippen molar-refractivity contribution in [2.75, 3.05) is 0 Å². The molecule has 0 saturated carbocycles. The summed E-state index contributed by atoms with van der Waals surface area (Å²) in [7, 11) is 0. The van der Waals surface area contributed by atoms with Crippen molar-refractivity contribution < 1.29 is 5.11 Å². The molecule has 0 spiro atoms. The lowest BCUT2D eigenvalue weighted by atomic mass is 10.1. The lowest BCUT2D eigenvalue weighted by Crippen LogP contribution is -2.03. The minimum absolute atomic E-state index is 0.0541. The van der Waals surface area contributed by atoms with Crippen molar-refractivity contribution in [2.45, 2.75) is 13.2 Å². The third kappa shape index (κ3) is 1.97. The van der Waals surface area contributed by atoms with Gasteiger partial charge >= 0.3 is 0 Å². The molecule has 1 aromatic heterocycles. The second-order valence-electron chi connectivity index (χ2n) is 3.41. The van der Waals surface area contributed by atoms with Crippen LogP contribution in [0.5, 0.6) is 0 Å². The van der Waals surface area contributed by atoms with Gasteiger partial charge in [-0.25, -0.2) is 0 Å². The molecule has 0 bridgehead atoms. The van der Waals surface area contributed by atoms with Gasteiger partial charge in [-0.1, -0.05) is 36.3 Å². The number of terminal acetylenes is 1. The van der Waals surface area contributed by atoms with Crippen LogP contribution in [0.2, 0.25) is 0 Å². The van der Waals surface area contributed by atoms with Crippen molar-refractivity contribution in [3.63, 3.8) is 0 Å². The van der Waals surface area contributed by atoms with E-state index in [1.54, 1.807) is 4.68 Å². The van der Waals surface area contributed by atoms with Gasteiger partial charge in [-0.3, -0.25) is 4.68 Å². The molecule has 1 N–H and O–H groups in total. The molecule has 3 heteroatoms. The lowest BCUT2D eigenvalue weighted by Gasteiger charge is -1.98. The Balaban J connectivity index is 2.41. The van der Waals surface area contributed by atoms with E-state index in [2.05, 4.69) is 11.0 Å². The SMILES string of the molecule is C#CCn1nc(-c2ccccc2)cc1CO. The molecule has 0 unspecified atom stereocenters. The van der Waals surface area contributed by atoms with Gasteiger partial charge in [0.2, 0.25) is 0 Å². The molecule has 0 aliphatic heterocycles. The number of aliphatic hydroxyl groups is 1. The molecule has 0 radical (unpaired) electrons. The van der Waals surface area contributed by atoms with E-state index < -0.39 is 0 Å². The van der Waals surface area contributed by atoms with E-state index in [1.807, 2.05) is 36.4 Å². The highest BCUT2D eigenvalue weighted by atomic mass is 16.3. The first-order chi connectivity index (χ1) is 7.85. The average molecular weight is 212 g/mol. The third-order valence-corrected chi connectivity index (χ3v) is 2.34. The Kier molecular flexibility index (Phi) is 3.04. The molecule has 1 aromatic carbocycles. The smallest absolute Gasteiger partial charge is 0.102 e. The van der Waals surface area contributed by atoms with Crippen LogP contribution in [0.25, 0.3) is 11.3 Å². The Labute approximate surface area is 94.3 Å². The largest absolute Gasteiger partial charge is 0.390 e. The summed E-state index contributed by atoms with van der Waals surface area (Å²) >= 11 is 0. The molecule has 0 amide bonds. The van der Waals surface area contributed by atoms with Crippen LogP contribution >= 0.6 is 0 Å². The Morgan fingerprint density at radius 3 is 2.69 bits per heavy atom. The fourth-order valence-electron chi connectivity index (χ4n) is 1.56. The van der Waals surface area contributed by atoms with Gasteiger partial charge in [0.25, 0.3) is 0 Å². The van der Waals surface area contributed by atoms with Gasteiger partial charge in [-0.05, 0) is 6.07 Å². The van der Waals surface area contributed by atoms with Crippen molar-refractivity contribution in [1.82, 2.24) is 9.78 Å². The van der Waals surface area contributed by atoms with Crippen LogP contribution in [0.4, 0.5) is 0 Å². The lowest BCUT2D eigenvalue weighted by molar-refractivity contribution is 0.269. The van der Waals surface area contributed by atoms with Gasteiger partial charge in [0.1, 0.15) is 6.54 Å². The van der Waals surface area contributed by atoms with Gasteiger partial charge in [-0.2, -0.15) is 5.10 Å². The summed E-state index contributed by atoms with van der Waals surface area (Å²) in [5, 5.41) is 13.5. The Morgan fingerprint density at radius 2 is 2.06 bits per heavy atom. The molecule has 1 heterocycles. The minimum atomic E-state index is -0.0541. The molecule has 3 nitrogen and oxygen atoms in total. The Bertz CT molecular complexity index is 508. The molecule has 16 heavy (non-hydrogen) atoms. The van der Waals surface area contributed by atoms with Gasteiger partial charge in [0.05, 0.1) is 18.0 Å². The molecule has 0 aliphatic rings. The van der Waals surface area contributed by atoms with Gasteiger partial charge in [0.15, 0.2) is 0 Å². The first-order valence-electron chi connectivity index (χ1n) is 5.01. The summed E-state index contributed by atoms with van der Waals surface area (Å²) < 4.78 is 1.64. The molecule has 0 aliphatic carbocycles. The number of rotatable bonds is 3. The van der Waals surface area contributed by atoms with Crippen molar-refractivity contribution in [3.8, 4) is 23.6 Å². The zero-order chi connectivity index (χ0) is 11.4. The first-order valence-corrected chi connectivity index (χ1v) is 5.01. The van der Waals surface area contributed by atoms with Gasteiger partial charge < -0.3 is 5.11 Å². The minimum Gasteiger partial charge on any atom is -0.390 e. The van der Waals surface area contributed by atoms with Crippen LogP contribution in [0.3, 0.4) is 0 Å². The number of hydrogen-bond acceptors (Lipinski definition) is 2. The van der Waals surface area contributed by atoms with E-state index >= 15 is 0 Å². The monoisotopic (exact) mass is 212 g/mol. The van der Waals surface area contributed by atoms with Crippen LogP contribution in [0.15, 0.2) is 36.4 Å². The molecule has 0 fully saturated rings. The number of nitrogens with zero attached hydrogens (tertiary/aromatic N) is 2. The number of hydrogen-bond donors (Lipinski definition) is 1. The standard InChI is InChI=1S/C13H12N2O/c1-2-8-15-12(10-16)9-13(14-15)11-6-4-3-5-7-11/h1,3-7,9,16H,8,10H2. The number of aliphatic hydroxyl groups excluding tert-OH is 1. The Hall–Kier alpha value is -2.05. The van der Waals surface area contributed by atoms with Crippen LogP contribution < -0.4 is 0 Å². The second-order valence-corrected chi connectivity index (χ2v) is 3.41.